The largest absolute Gasteiger partial charge is 0.359 e. The third kappa shape index (κ3) is 2.03. The van der Waals surface area contributed by atoms with Gasteiger partial charge in [0, 0.05) is 38.5 Å². The zero-order valence-electron chi connectivity index (χ0n) is 11.7. The summed E-state index contributed by atoms with van der Waals surface area (Å²) in [5.41, 5.74) is 6.64. The molecule has 0 atom stereocenters. The maximum Gasteiger partial charge on any atom is 0.118 e. The van der Waals surface area contributed by atoms with Gasteiger partial charge in [-0.25, -0.2) is 0 Å². The van der Waals surface area contributed by atoms with Crippen molar-refractivity contribution in [3.8, 4) is 0 Å². The molecule has 2 radical (unpaired) electrons. The smallest absolute Gasteiger partial charge is 0.118 e. The van der Waals surface area contributed by atoms with Crippen LogP contribution in [0.15, 0.2) is 15.9 Å². The number of hydrogen-bond donors (Lipinski definition) is 4. The fourth-order valence-electron chi connectivity index (χ4n) is 2.99. The quantitative estimate of drug-likeness (QED) is 0.473. The van der Waals surface area contributed by atoms with E-state index in [-0.39, 0.29) is 0 Å². The molecule has 0 amide bonds. The van der Waals surface area contributed by atoms with Gasteiger partial charge in [0.2, 0.25) is 0 Å². The molecule has 0 unspecified atom stereocenters. The monoisotopic (exact) mass is 300 g/mol. The molecule has 2 N–H and O–H groups in total. The molecule has 0 saturated heterocycles. The predicted octanol–water partition coefficient (Wildman–Crippen LogP) is 2.53. The minimum Gasteiger partial charge on any atom is -0.359 e. The molecule has 1 aromatic heterocycles. The van der Waals surface area contributed by atoms with Crippen LogP contribution in [-0.4, -0.2) is 25.9 Å². The molecule has 20 heavy (non-hydrogen) atoms. The second kappa shape index (κ2) is 5.21. The summed E-state index contributed by atoms with van der Waals surface area (Å²) in [7, 11) is 6.21. The van der Waals surface area contributed by atoms with Gasteiger partial charge >= 0.3 is 0 Å². The zero-order valence-corrected chi connectivity index (χ0v) is 13.5. The highest BCUT2D eigenvalue weighted by molar-refractivity contribution is 7.83. The van der Waals surface area contributed by atoms with Gasteiger partial charge in [0.15, 0.2) is 0 Å². The molecule has 1 aliphatic heterocycles. The van der Waals surface area contributed by atoms with Crippen molar-refractivity contribution in [1.29, 1.82) is 0 Å². The number of fused-ring (bicyclic) bond motifs is 1. The summed E-state index contributed by atoms with van der Waals surface area (Å²) in [6.45, 7) is 6.13. The lowest BCUT2D eigenvalue weighted by Gasteiger charge is -2.16. The molecular weight excluding hydrogens is 283 g/mol. The highest BCUT2D eigenvalue weighted by atomic mass is 32.1. The van der Waals surface area contributed by atoms with Crippen molar-refractivity contribution < 1.29 is 0 Å². The second-order valence-corrected chi connectivity index (χ2v) is 6.19. The topological polar surface area (TPSA) is 27.8 Å². The van der Waals surface area contributed by atoms with Gasteiger partial charge in [-0.3, -0.25) is 0 Å². The molecule has 2 aromatic rings. The molecule has 0 spiro atoms. The van der Waals surface area contributed by atoms with Crippen LogP contribution in [0, 0.1) is 13.8 Å². The molecule has 0 fully saturated rings. The van der Waals surface area contributed by atoms with Crippen molar-refractivity contribution >= 4 is 55.0 Å². The van der Waals surface area contributed by atoms with Crippen LogP contribution in [0.5, 0.6) is 0 Å². The number of H-pyrrole nitrogens is 1. The second-order valence-electron chi connectivity index (χ2n) is 5.29. The SMILES string of the molecule is [B]c1c(S)c(S)c(C)c2c(C3=CCNCC3)c(C)[nH]c12. The van der Waals surface area contributed by atoms with Crippen LogP contribution >= 0.6 is 25.3 Å². The number of benzene rings is 1. The van der Waals surface area contributed by atoms with Gasteiger partial charge in [0.05, 0.1) is 0 Å². The van der Waals surface area contributed by atoms with Crippen molar-refractivity contribution in [2.24, 2.45) is 0 Å². The van der Waals surface area contributed by atoms with Gasteiger partial charge in [-0.2, -0.15) is 0 Å². The Bertz CT molecular complexity index is 732. The van der Waals surface area contributed by atoms with Gasteiger partial charge in [-0.15, -0.1) is 25.3 Å². The van der Waals surface area contributed by atoms with Gasteiger partial charge < -0.3 is 10.3 Å². The Kier molecular flexibility index (Phi) is 3.69. The molecule has 0 aliphatic carbocycles. The average Bonchev–Trinajstić information content (AvgIpc) is 2.81. The number of thiol groups is 2. The molecule has 0 bridgehead atoms. The van der Waals surface area contributed by atoms with E-state index in [0.717, 1.165) is 46.1 Å². The molecule has 1 aromatic carbocycles. The number of aromatic nitrogens is 1. The van der Waals surface area contributed by atoms with Gasteiger partial charge in [-0.05, 0) is 37.9 Å². The summed E-state index contributed by atoms with van der Waals surface area (Å²) in [6.07, 6.45) is 3.30. The third-order valence-corrected chi connectivity index (χ3v) is 5.25. The van der Waals surface area contributed by atoms with Crippen LogP contribution < -0.4 is 10.8 Å². The van der Waals surface area contributed by atoms with Gasteiger partial charge in [0.25, 0.3) is 0 Å². The van der Waals surface area contributed by atoms with Crippen LogP contribution in [0.1, 0.15) is 23.2 Å². The Morgan fingerprint density at radius 2 is 1.95 bits per heavy atom. The molecular formula is C15H17BN2S2. The molecule has 102 valence electrons. The summed E-state index contributed by atoms with van der Waals surface area (Å²) < 4.78 is 0. The van der Waals surface area contributed by atoms with Crippen molar-refractivity contribution in [2.45, 2.75) is 30.1 Å². The van der Waals surface area contributed by atoms with Crippen molar-refractivity contribution in [3.05, 3.63) is 22.9 Å². The number of rotatable bonds is 1. The van der Waals surface area contributed by atoms with Crippen LogP contribution in [0.3, 0.4) is 0 Å². The zero-order chi connectivity index (χ0) is 14.4. The van der Waals surface area contributed by atoms with Crippen LogP contribution in [0.2, 0.25) is 0 Å². The fraction of sp³-hybridized carbons (Fsp3) is 0.333. The van der Waals surface area contributed by atoms with E-state index in [1.165, 1.54) is 16.5 Å². The van der Waals surface area contributed by atoms with E-state index in [0.29, 0.717) is 5.46 Å². The lowest BCUT2D eigenvalue weighted by atomic mass is 9.88. The van der Waals surface area contributed by atoms with Crippen molar-refractivity contribution in [3.63, 3.8) is 0 Å². The summed E-state index contributed by atoms with van der Waals surface area (Å²) >= 11 is 9.06. The minimum atomic E-state index is 0.683. The first-order valence-corrected chi connectivity index (χ1v) is 7.64. The standard InChI is InChI=1S/C15H17BN2S2/c1-7-10-11(9-3-5-17-6-4-9)8(2)18-13(10)12(16)15(20)14(7)19/h3,17-20H,4-6H2,1-2H3. The molecule has 3 rings (SSSR count). The van der Waals surface area contributed by atoms with E-state index < -0.39 is 0 Å². The Morgan fingerprint density at radius 3 is 2.60 bits per heavy atom. The maximum absolute atomic E-state index is 6.21. The lowest BCUT2D eigenvalue weighted by Crippen LogP contribution is -2.20. The number of hydrogen-bond acceptors (Lipinski definition) is 3. The highest BCUT2D eigenvalue weighted by Crippen LogP contribution is 2.36. The molecule has 5 heteroatoms. The molecule has 2 nitrogen and oxygen atoms in total. The Morgan fingerprint density at radius 1 is 1.20 bits per heavy atom. The van der Waals surface area contributed by atoms with Gasteiger partial charge in [0.1, 0.15) is 7.85 Å². The summed E-state index contributed by atoms with van der Waals surface area (Å²) in [4.78, 5) is 5.06. The first kappa shape index (κ1) is 14.2. The van der Waals surface area contributed by atoms with Crippen LogP contribution in [0.4, 0.5) is 0 Å². The maximum atomic E-state index is 6.21. The third-order valence-electron chi connectivity index (χ3n) is 4.05. The number of aryl methyl sites for hydroxylation is 2. The normalized spacial score (nSPS) is 15.7. The summed E-state index contributed by atoms with van der Waals surface area (Å²) in [6, 6.07) is 0. The minimum absolute atomic E-state index is 0.683. The van der Waals surface area contributed by atoms with E-state index in [1.807, 2.05) is 0 Å². The van der Waals surface area contributed by atoms with Crippen LogP contribution in [0.25, 0.3) is 16.5 Å². The van der Waals surface area contributed by atoms with E-state index in [1.54, 1.807) is 0 Å². The summed E-state index contributed by atoms with van der Waals surface area (Å²) in [5, 5.41) is 4.54. The highest BCUT2D eigenvalue weighted by Gasteiger charge is 2.20. The average molecular weight is 300 g/mol. The molecule has 2 heterocycles. The van der Waals surface area contributed by atoms with E-state index in [2.05, 4.69) is 55.5 Å². The number of nitrogens with one attached hydrogen (secondary N) is 2. The van der Waals surface area contributed by atoms with Gasteiger partial charge in [-0.1, -0.05) is 11.5 Å². The van der Waals surface area contributed by atoms with E-state index in [9.17, 15) is 0 Å². The summed E-state index contributed by atoms with van der Waals surface area (Å²) in [5.74, 6) is 0. The predicted molar refractivity (Wildman–Crippen MR) is 93.1 cm³/mol. The first-order valence-electron chi connectivity index (χ1n) is 6.74. The van der Waals surface area contributed by atoms with Crippen LogP contribution in [-0.2, 0) is 0 Å². The molecule has 1 aliphatic rings. The number of aromatic amines is 1. The Labute approximate surface area is 131 Å². The first-order chi connectivity index (χ1) is 9.52. The lowest BCUT2D eigenvalue weighted by molar-refractivity contribution is 0.738. The Balaban J connectivity index is 2.38. The molecule has 0 saturated carbocycles. The Hall–Kier alpha value is -0.775. The van der Waals surface area contributed by atoms with Crippen molar-refractivity contribution in [2.75, 3.05) is 13.1 Å². The fourth-order valence-corrected chi connectivity index (χ4v) is 3.51. The van der Waals surface area contributed by atoms with E-state index >= 15 is 0 Å². The van der Waals surface area contributed by atoms with Crippen molar-refractivity contribution in [1.82, 2.24) is 10.3 Å². The van der Waals surface area contributed by atoms with E-state index in [4.69, 9.17) is 7.85 Å².